The Morgan fingerprint density at radius 3 is 2.85 bits per heavy atom. The molecule has 110 valence electrons. The number of carbonyl (C=O) groups excluding carboxylic acids is 1. The Balaban J connectivity index is 2.13. The smallest absolute Gasteiger partial charge is 0.272 e. The van der Waals surface area contributed by atoms with E-state index in [2.05, 4.69) is 21.9 Å². The zero-order chi connectivity index (χ0) is 14.7. The minimum atomic E-state index is -0.0579. The monoisotopic (exact) mass is 276 g/mol. The van der Waals surface area contributed by atoms with Gasteiger partial charge in [-0.25, -0.2) is 9.97 Å². The lowest BCUT2D eigenvalue weighted by molar-refractivity contribution is 0.0821. The Morgan fingerprint density at radius 2 is 2.20 bits per heavy atom. The molecule has 0 radical (unpaired) electrons. The summed E-state index contributed by atoms with van der Waals surface area (Å²) < 4.78 is 0. The fourth-order valence-electron chi connectivity index (χ4n) is 2.81. The molecule has 0 unspecified atom stereocenters. The van der Waals surface area contributed by atoms with E-state index in [1.807, 2.05) is 13.0 Å². The summed E-state index contributed by atoms with van der Waals surface area (Å²) >= 11 is 0. The van der Waals surface area contributed by atoms with Crippen LogP contribution >= 0.6 is 0 Å². The minimum Gasteiger partial charge on any atom is -0.343 e. The molecule has 2 rings (SSSR count). The number of nitrogens with zero attached hydrogens (tertiary/aromatic N) is 4. The van der Waals surface area contributed by atoms with Crippen molar-refractivity contribution in [3.05, 3.63) is 23.3 Å². The SMILES string of the molecule is Cc1nc(C[C@H]2CCCN(C)C2)cc(C(=O)N(C)C)n1. The van der Waals surface area contributed by atoms with E-state index in [-0.39, 0.29) is 5.91 Å². The van der Waals surface area contributed by atoms with Crippen LogP contribution in [0, 0.1) is 12.8 Å². The van der Waals surface area contributed by atoms with Crippen molar-refractivity contribution < 1.29 is 4.79 Å². The molecule has 1 fully saturated rings. The van der Waals surface area contributed by atoms with Crippen LogP contribution in [-0.2, 0) is 6.42 Å². The molecule has 0 aromatic carbocycles. The van der Waals surface area contributed by atoms with E-state index in [9.17, 15) is 4.79 Å². The van der Waals surface area contributed by atoms with Crippen LogP contribution in [0.4, 0.5) is 0 Å². The van der Waals surface area contributed by atoms with E-state index < -0.39 is 0 Å². The van der Waals surface area contributed by atoms with Crippen LogP contribution in [0.15, 0.2) is 6.07 Å². The van der Waals surface area contributed by atoms with Crippen LogP contribution < -0.4 is 0 Å². The molecule has 5 nitrogen and oxygen atoms in total. The Bertz CT molecular complexity index is 487. The third-order valence-corrected chi connectivity index (χ3v) is 3.74. The van der Waals surface area contributed by atoms with Crippen molar-refractivity contribution in [2.75, 3.05) is 34.2 Å². The highest BCUT2D eigenvalue weighted by Gasteiger charge is 2.19. The summed E-state index contributed by atoms with van der Waals surface area (Å²) in [6.45, 7) is 4.15. The second-order valence-corrected chi connectivity index (χ2v) is 5.97. The third kappa shape index (κ3) is 3.76. The lowest BCUT2D eigenvalue weighted by atomic mass is 9.93. The first-order valence-electron chi connectivity index (χ1n) is 7.20. The van der Waals surface area contributed by atoms with Gasteiger partial charge in [-0.05, 0) is 51.8 Å². The van der Waals surface area contributed by atoms with Crippen molar-refractivity contribution in [1.29, 1.82) is 0 Å². The predicted molar refractivity (Wildman–Crippen MR) is 78.7 cm³/mol. The molecular formula is C15H24N4O. The second-order valence-electron chi connectivity index (χ2n) is 5.97. The number of aromatic nitrogens is 2. The summed E-state index contributed by atoms with van der Waals surface area (Å²) in [5.74, 6) is 1.25. The van der Waals surface area contributed by atoms with Gasteiger partial charge >= 0.3 is 0 Å². The second kappa shape index (κ2) is 6.31. The van der Waals surface area contributed by atoms with E-state index in [0.717, 1.165) is 18.7 Å². The molecule has 1 aliphatic heterocycles. The molecule has 2 heterocycles. The Morgan fingerprint density at radius 1 is 1.45 bits per heavy atom. The highest BCUT2D eigenvalue weighted by atomic mass is 16.2. The molecular weight excluding hydrogens is 252 g/mol. The summed E-state index contributed by atoms with van der Waals surface area (Å²) in [6.07, 6.45) is 3.42. The van der Waals surface area contributed by atoms with Gasteiger partial charge < -0.3 is 9.80 Å². The summed E-state index contributed by atoms with van der Waals surface area (Å²) in [6, 6.07) is 1.85. The van der Waals surface area contributed by atoms with E-state index in [1.54, 1.807) is 19.0 Å². The van der Waals surface area contributed by atoms with Gasteiger partial charge in [-0.1, -0.05) is 0 Å². The number of amides is 1. The summed E-state index contributed by atoms with van der Waals surface area (Å²) in [5, 5.41) is 0. The first-order chi connectivity index (χ1) is 9.45. The zero-order valence-corrected chi connectivity index (χ0v) is 12.9. The molecule has 20 heavy (non-hydrogen) atoms. The number of likely N-dealkylation sites (tertiary alicyclic amines) is 1. The quantitative estimate of drug-likeness (QED) is 0.836. The van der Waals surface area contributed by atoms with Gasteiger partial charge in [0.1, 0.15) is 11.5 Å². The molecule has 1 saturated heterocycles. The molecule has 0 N–H and O–H groups in total. The van der Waals surface area contributed by atoms with E-state index in [4.69, 9.17) is 0 Å². The molecule has 1 aliphatic rings. The standard InChI is InChI=1S/C15H24N4O/c1-11-16-13(8-12-6-5-7-19(4)10-12)9-14(17-11)15(20)18(2)3/h9,12H,5-8,10H2,1-4H3/t12-/m1/s1. The van der Waals surface area contributed by atoms with Gasteiger partial charge in [0.25, 0.3) is 5.91 Å². The van der Waals surface area contributed by atoms with Crippen LogP contribution in [0.1, 0.15) is 34.8 Å². The first kappa shape index (κ1) is 14.9. The Labute approximate surface area is 121 Å². The summed E-state index contributed by atoms with van der Waals surface area (Å²) in [4.78, 5) is 24.7. The molecule has 1 atom stereocenters. The summed E-state index contributed by atoms with van der Waals surface area (Å²) in [7, 11) is 5.66. The number of piperidine rings is 1. The maximum atomic E-state index is 12.0. The van der Waals surface area contributed by atoms with Gasteiger partial charge in [-0.3, -0.25) is 4.79 Å². The van der Waals surface area contributed by atoms with E-state index in [1.165, 1.54) is 19.4 Å². The number of rotatable bonds is 3. The highest BCUT2D eigenvalue weighted by molar-refractivity contribution is 5.91. The molecule has 0 spiro atoms. The topological polar surface area (TPSA) is 49.3 Å². The van der Waals surface area contributed by atoms with E-state index >= 15 is 0 Å². The van der Waals surface area contributed by atoms with Gasteiger partial charge in [-0.2, -0.15) is 0 Å². The van der Waals surface area contributed by atoms with Crippen LogP contribution in [-0.4, -0.2) is 59.9 Å². The Hall–Kier alpha value is -1.49. The maximum Gasteiger partial charge on any atom is 0.272 e. The van der Waals surface area contributed by atoms with Gasteiger partial charge in [0, 0.05) is 26.3 Å². The number of carbonyl (C=O) groups is 1. The fraction of sp³-hybridized carbons (Fsp3) is 0.667. The average Bonchev–Trinajstić information content (AvgIpc) is 2.37. The fourth-order valence-corrected chi connectivity index (χ4v) is 2.81. The Kier molecular flexibility index (Phi) is 4.70. The van der Waals surface area contributed by atoms with Gasteiger partial charge in [0.15, 0.2) is 0 Å². The predicted octanol–water partition coefficient (Wildman–Crippen LogP) is 1.37. The van der Waals surface area contributed by atoms with Crippen LogP contribution in [0.25, 0.3) is 0 Å². The minimum absolute atomic E-state index is 0.0579. The van der Waals surface area contributed by atoms with Crippen molar-refractivity contribution in [1.82, 2.24) is 19.8 Å². The lowest BCUT2D eigenvalue weighted by Crippen LogP contribution is -2.33. The van der Waals surface area contributed by atoms with Crippen LogP contribution in [0.2, 0.25) is 0 Å². The number of hydrogen-bond acceptors (Lipinski definition) is 4. The lowest BCUT2D eigenvalue weighted by Gasteiger charge is -2.29. The van der Waals surface area contributed by atoms with Crippen LogP contribution in [0.5, 0.6) is 0 Å². The summed E-state index contributed by atoms with van der Waals surface area (Å²) in [5.41, 5.74) is 1.49. The van der Waals surface area contributed by atoms with Crippen molar-refractivity contribution in [2.24, 2.45) is 5.92 Å². The highest BCUT2D eigenvalue weighted by Crippen LogP contribution is 2.19. The molecule has 1 aromatic rings. The van der Waals surface area contributed by atoms with Crippen molar-refractivity contribution in [3.63, 3.8) is 0 Å². The third-order valence-electron chi connectivity index (χ3n) is 3.74. The van der Waals surface area contributed by atoms with Crippen molar-refractivity contribution in [3.8, 4) is 0 Å². The number of hydrogen-bond donors (Lipinski definition) is 0. The maximum absolute atomic E-state index is 12.0. The zero-order valence-electron chi connectivity index (χ0n) is 12.9. The largest absolute Gasteiger partial charge is 0.343 e. The molecule has 1 amide bonds. The van der Waals surface area contributed by atoms with Crippen molar-refractivity contribution >= 4 is 5.91 Å². The normalized spacial score (nSPS) is 19.9. The molecule has 0 bridgehead atoms. The molecule has 0 saturated carbocycles. The average molecular weight is 276 g/mol. The molecule has 1 aromatic heterocycles. The van der Waals surface area contributed by atoms with Crippen LogP contribution in [0.3, 0.4) is 0 Å². The van der Waals surface area contributed by atoms with Gasteiger partial charge in [0.2, 0.25) is 0 Å². The number of aryl methyl sites for hydroxylation is 1. The van der Waals surface area contributed by atoms with Gasteiger partial charge in [-0.15, -0.1) is 0 Å². The van der Waals surface area contributed by atoms with Gasteiger partial charge in [0.05, 0.1) is 0 Å². The van der Waals surface area contributed by atoms with E-state index in [0.29, 0.717) is 17.4 Å². The molecule has 5 heteroatoms. The molecule has 0 aliphatic carbocycles. The first-order valence-corrected chi connectivity index (χ1v) is 7.20. The van der Waals surface area contributed by atoms with Crippen molar-refractivity contribution in [2.45, 2.75) is 26.2 Å².